The topological polar surface area (TPSA) is 55.5 Å². The summed E-state index contributed by atoms with van der Waals surface area (Å²) < 4.78 is 5.16. The van der Waals surface area contributed by atoms with Gasteiger partial charge < -0.3 is 15.6 Å². The monoisotopic (exact) mass is 131 g/mol. The van der Waals surface area contributed by atoms with Gasteiger partial charge in [0, 0.05) is 6.04 Å². The van der Waals surface area contributed by atoms with Crippen molar-refractivity contribution >= 4 is 0 Å². The van der Waals surface area contributed by atoms with Crippen molar-refractivity contribution < 1.29 is 9.84 Å². The molecule has 3 N–H and O–H groups in total. The molecule has 0 aromatic heterocycles. The Morgan fingerprint density at radius 2 is 2.33 bits per heavy atom. The molecule has 0 bridgehead atoms. The third-order valence-corrected chi connectivity index (χ3v) is 1.61. The second-order valence-electron chi connectivity index (χ2n) is 2.48. The van der Waals surface area contributed by atoms with Gasteiger partial charge in [0.25, 0.3) is 0 Å². The summed E-state index contributed by atoms with van der Waals surface area (Å²) in [6, 6.07) is 0.188. The van der Waals surface area contributed by atoms with Crippen molar-refractivity contribution in [2.75, 3.05) is 13.2 Å². The van der Waals surface area contributed by atoms with Crippen molar-refractivity contribution in [2.45, 2.75) is 25.0 Å². The fourth-order valence-electron chi connectivity index (χ4n) is 0.970. The molecular weight excluding hydrogens is 118 g/mol. The van der Waals surface area contributed by atoms with Crippen LogP contribution in [0.25, 0.3) is 0 Å². The molecule has 3 heteroatoms. The number of aliphatic hydroxyl groups excluding tert-OH is 1. The van der Waals surface area contributed by atoms with E-state index in [1.165, 1.54) is 0 Å². The van der Waals surface area contributed by atoms with Gasteiger partial charge in [-0.05, 0) is 12.8 Å². The van der Waals surface area contributed by atoms with Gasteiger partial charge in [-0.25, -0.2) is 0 Å². The van der Waals surface area contributed by atoms with E-state index in [0.29, 0.717) is 6.61 Å². The minimum absolute atomic E-state index is 0.0461. The fraction of sp³-hybridized carbons (Fsp3) is 1.00. The van der Waals surface area contributed by atoms with Crippen LogP contribution in [0.4, 0.5) is 0 Å². The van der Waals surface area contributed by atoms with Gasteiger partial charge in [0.15, 0.2) is 0 Å². The standard InChI is InChI=1S/C6H13NO2/c7-5-1-2-6(3-8)9-4-5/h5-6,8H,1-4,7H2/t5-,6+/m0/s1. The summed E-state index contributed by atoms with van der Waals surface area (Å²) in [5.41, 5.74) is 5.55. The van der Waals surface area contributed by atoms with E-state index in [9.17, 15) is 0 Å². The molecule has 1 rings (SSSR count). The molecule has 0 aromatic carbocycles. The maximum atomic E-state index is 8.61. The van der Waals surface area contributed by atoms with E-state index >= 15 is 0 Å². The predicted molar refractivity (Wildman–Crippen MR) is 34.0 cm³/mol. The van der Waals surface area contributed by atoms with E-state index in [2.05, 4.69) is 0 Å². The molecule has 0 aliphatic carbocycles. The van der Waals surface area contributed by atoms with Crippen molar-refractivity contribution in [3.63, 3.8) is 0 Å². The van der Waals surface area contributed by atoms with Gasteiger partial charge in [-0.2, -0.15) is 0 Å². The zero-order chi connectivity index (χ0) is 6.69. The molecule has 9 heavy (non-hydrogen) atoms. The Balaban J connectivity index is 2.18. The first-order valence-corrected chi connectivity index (χ1v) is 3.31. The number of nitrogens with two attached hydrogens (primary N) is 1. The third-order valence-electron chi connectivity index (χ3n) is 1.61. The Hall–Kier alpha value is -0.120. The predicted octanol–water partition coefficient (Wildman–Crippen LogP) is -0.515. The zero-order valence-corrected chi connectivity index (χ0v) is 5.42. The van der Waals surface area contributed by atoms with Crippen LogP contribution in [-0.2, 0) is 4.74 Å². The summed E-state index contributed by atoms with van der Waals surface area (Å²) in [5.74, 6) is 0. The number of hydrogen-bond acceptors (Lipinski definition) is 3. The highest BCUT2D eigenvalue weighted by molar-refractivity contribution is 4.70. The second kappa shape index (κ2) is 3.15. The van der Waals surface area contributed by atoms with Gasteiger partial charge in [-0.3, -0.25) is 0 Å². The van der Waals surface area contributed by atoms with Crippen molar-refractivity contribution in [2.24, 2.45) is 5.73 Å². The number of aliphatic hydroxyl groups is 1. The van der Waals surface area contributed by atoms with Crippen molar-refractivity contribution in [1.82, 2.24) is 0 Å². The average molecular weight is 131 g/mol. The Morgan fingerprint density at radius 3 is 2.78 bits per heavy atom. The van der Waals surface area contributed by atoms with Crippen LogP contribution in [0.3, 0.4) is 0 Å². The number of hydrogen-bond donors (Lipinski definition) is 2. The maximum Gasteiger partial charge on any atom is 0.0807 e. The molecule has 2 atom stereocenters. The zero-order valence-electron chi connectivity index (χ0n) is 5.42. The molecule has 3 nitrogen and oxygen atoms in total. The summed E-state index contributed by atoms with van der Waals surface area (Å²) >= 11 is 0. The largest absolute Gasteiger partial charge is 0.394 e. The van der Waals surface area contributed by atoms with Crippen molar-refractivity contribution in [1.29, 1.82) is 0 Å². The normalized spacial score (nSPS) is 36.7. The van der Waals surface area contributed by atoms with E-state index in [-0.39, 0.29) is 18.8 Å². The van der Waals surface area contributed by atoms with Gasteiger partial charge in [0.05, 0.1) is 19.3 Å². The van der Waals surface area contributed by atoms with Crippen LogP contribution in [-0.4, -0.2) is 30.5 Å². The minimum atomic E-state index is 0.0461. The molecule has 1 aliphatic rings. The lowest BCUT2D eigenvalue weighted by Crippen LogP contribution is -2.36. The molecule has 1 fully saturated rings. The molecule has 0 unspecified atom stereocenters. The summed E-state index contributed by atoms with van der Waals surface area (Å²) in [6.07, 6.45) is 1.92. The Bertz CT molecular complexity index is 79.1. The first-order chi connectivity index (χ1) is 4.33. The second-order valence-corrected chi connectivity index (χ2v) is 2.48. The first kappa shape index (κ1) is 6.99. The summed E-state index contributed by atoms with van der Waals surface area (Å²) in [6.45, 7) is 0.734. The van der Waals surface area contributed by atoms with E-state index in [1.807, 2.05) is 0 Å². The van der Waals surface area contributed by atoms with E-state index in [0.717, 1.165) is 12.8 Å². The third kappa shape index (κ3) is 1.93. The van der Waals surface area contributed by atoms with Crippen LogP contribution in [0.2, 0.25) is 0 Å². The molecule has 1 heterocycles. The number of rotatable bonds is 1. The molecule has 54 valence electrons. The molecular formula is C6H13NO2. The molecule has 0 saturated carbocycles. The Labute approximate surface area is 54.8 Å². The number of ether oxygens (including phenoxy) is 1. The highest BCUT2D eigenvalue weighted by Crippen LogP contribution is 2.10. The molecule has 0 radical (unpaired) electrons. The minimum Gasteiger partial charge on any atom is -0.394 e. The Morgan fingerprint density at radius 1 is 1.56 bits per heavy atom. The van der Waals surface area contributed by atoms with Crippen LogP contribution in [0.1, 0.15) is 12.8 Å². The maximum absolute atomic E-state index is 8.61. The van der Waals surface area contributed by atoms with E-state index < -0.39 is 0 Å². The summed E-state index contributed by atoms with van der Waals surface area (Å²) in [4.78, 5) is 0. The van der Waals surface area contributed by atoms with Crippen molar-refractivity contribution in [3.05, 3.63) is 0 Å². The SMILES string of the molecule is N[C@H]1CC[C@H](CO)OC1. The van der Waals surface area contributed by atoms with E-state index in [1.54, 1.807) is 0 Å². The smallest absolute Gasteiger partial charge is 0.0807 e. The van der Waals surface area contributed by atoms with Crippen LogP contribution >= 0.6 is 0 Å². The lowest BCUT2D eigenvalue weighted by Gasteiger charge is -2.24. The highest BCUT2D eigenvalue weighted by Gasteiger charge is 2.17. The van der Waals surface area contributed by atoms with Crippen LogP contribution < -0.4 is 5.73 Å². The van der Waals surface area contributed by atoms with Crippen LogP contribution in [0, 0.1) is 0 Å². The van der Waals surface area contributed by atoms with E-state index in [4.69, 9.17) is 15.6 Å². The Kier molecular flexibility index (Phi) is 2.45. The first-order valence-electron chi connectivity index (χ1n) is 3.31. The molecule has 0 aromatic rings. The highest BCUT2D eigenvalue weighted by atomic mass is 16.5. The molecule has 1 aliphatic heterocycles. The lowest BCUT2D eigenvalue weighted by atomic mass is 10.1. The fourth-order valence-corrected chi connectivity index (χ4v) is 0.970. The summed E-state index contributed by atoms with van der Waals surface area (Å²) in [7, 11) is 0. The quantitative estimate of drug-likeness (QED) is 0.503. The average Bonchev–Trinajstić information content (AvgIpc) is 1.90. The van der Waals surface area contributed by atoms with Gasteiger partial charge in [0.1, 0.15) is 0 Å². The molecule has 0 amide bonds. The van der Waals surface area contributed by atoms with Gasteiger partial charge in [-0.1, -0.05) is 0 Å². The summed E-state index contributed by atoms with van der Waals surface area (Å²) in [5, 5.41) is 8.61. The molecule has 1 saturated heterocycles. The molecule has 0 spiro atoms. The van der Waals surface area contributed by atoms with Crippen molar-refractivity contribution in [3.8, 4) is 0 Å². The lowest BCUT2D eigenvalue weighted by molar-refractivity contribution is -0.0254. The van der Waals surface area contributed by atoms with Crippen LogP contribution in [0.5, 0.6) is 0 Å². The van der Waals surface area contributed by atoms with Gasteiger partial charge in [-0.15, -0.1) is 0 Å². The van der Waals surface area contributed by atoms with Gasteiger partial charge in [0.2, 0.25) is 0 Å². The van der Waals surface area contributed by atoms with Gasteiger partial charge >= 0.3 is 0 Å². The van der Waals surface area contributed by atoms with Crippen LogP contribution in [0.15, 0.2) is 0 Å².